The Morgan fingerprint density at radius 2 is 2.19 bits per heavy atom. The lowest BCUT2D eigenvalue weighted by Crippen LogP contribution is -2.14. The minimum atomic E-state index is 0.967. The lowest BCUT2D eigenvalue weighted by atomic mass is 10.2. The molecule has 3 nitrogen and oxygen atoms in total. The number of aryl methyl sites for hydroxylation is 1. The average molecular weight is 215 g/mol. The van der Waals surface area contributed by atoms with Gasteiger partial charge < -0.3 is 9.88 Å². The summed E-state index contributed by atoms with van der Waals surface area (Å²) in [6, 6.07) is 8.33. The third-order valence-corrected chi connectivity index (χ3v) is 2.64. The Morgan fingerprint density at radius 3 is 2.94 bits per heavy atom. The third-order valence-electron chi connectivity index (χ3n) is 2.64. The molecule has 0 bridgehead atoms. The van der Waals surface area contributed by atoms with Crippen LogP contribution in [0.15, 0.2) is 29.3 Å². The number of nitrogens with one attached hydrogen (secondary N) is 1. The monoisotopic (exact) mass is 215 g/mol. The highest BCUT2D eigenvalue weighted by Crippen LogP contribution is 2.21. The highest BCUT2D eigenvalue weighted by molar-refractivity contribution is 5.84. The minimum absolute atomic E-state index is 0.967. The lowest BCUT2D eigenvalue weighted by Gasteiger charge is -2.07. The number of hydrogen-bond donors (Lipinski definition) is 1. The quantitative estimate of drug-likeness (QED) is 0.619. The Labute approximate surface area is 95.8 Å². The molecular formula is C13H17N3. The number of rotatable bonds is 3. The molecule has 2 rings (SSSR count). The molecule has 16 heavy (non-hydrogen) atoms. The third kappa shape index (κ3) is 2.24. The summed E-state index contributed by atoms with van der Waals surface area (Å²) in [5.41, 5.74) is 3.34. The van der Waals surface area contributed by atoms with E-state index in [2.05, 4.69) is 42.0 Å². The first-order valence-electron chi connectivity index (χ1n) is 5.53. The zero-order valence-corrected chi connectivity index (χ0v) is 9.99. The van der Waals surface area contributed by atoms with Gasteiger partial charge in [-0.15, -0.1) is 0 Å². The highest BCUT2D eigenvalue weighted by Gasteiger charge is 1.98. The van der Waals surface area contributed by atoms with Crippen LogP contribution in [0.4, 0.5) is 5.69 Å². The molecule has 0 radical (unpaired) electrons. The fourth-order valence-corrected chi connectivity index (χ4v) is 1.59. The van der Waals surface area contributed by atoms with Crippen LogP contribution in [0.25, 0.3) is 10.9 Å². The molecule has 0 atom stereocenters. The number of aromatic nitrogens is 1. The van der Waals surface area contributed by atoms with Crippen molar-refractivity contribution < 1.29 is 0 Å². The molecule has 0 aliphatic carbocycles. The number of aromatic amines is 1. The van der Waals surface area contributed by atoms with Crippen molar-refractivity contribution in [3.63, 3.8) is 0 Å². The topological polar surface area (TPSA) is 31.4 Å². The van der Waals surface area contributed by atoms with E-state index in [9.17, 15) is 0 Å². The summed E-state index contributed by atoms with van der Waals surface area (Å²) in [6.07, 6.45) is 1.86. The van der Waals surface area contributed by atoms with E-state index in [1.807, 2.05) is 24.4 Å². The number of nitrogens with zero attached hydrogens (tertiary/aromatic N) is 2. The second-order valence-electron chi connectivity index (χ2n) is 4.04. The van der Waals surface area contributed by atoms with Crippen LogP contribution in [-0.4, -0.2) is 29.8 Å². The second kappa shape index (κ2) is 4.39. The molecular weight excluding hydrogens is 198 g/mol. The molecule has 1 heterocycles. The van der Waals surface area contributed by atoms with Crippen molar-refractivity contribution in [3.8, 4) is 0 Å². The van der Waals surface area contributed by atoms with E-state index in [1.54, 1.807) is 0 Å². The van der Waals surface area contributed by atoms with Crippen LogP contribution in [0.3, 0.4) is 0 Å². The molecule has 2 aromatic rings. The minimum Gasteiger partial charge on any atom is -0.366 e. The number of hydrogen-bond acceptors (Lipinski definition) is 1. The van der Waals surface area contributed by atoms with Gasteiger partial charge >= 0.3 is 0 Å². The van der Waals surface area contributed by atoms with Gasteiger partial charge in [-0.1, -0.05) is 0 Å². The van der Waals surface area contributed by atoms with Crippen molar-refractivity contribution in [2.75, 3.05) is 13.6 Å². The summed E-state index contributed by atoms with van der Waals surface area (Å²) in [6.45, 7) is 5.13. The molecule has 1 aromatic carbocycles. The number of aliphatic imine (C=N–C) groups is 1. The van der Waals surface area contributed by atoms with Crippen molar-refractivity contribution in [1.29, 1.82) is 0 Å². The van der Waals surface area contributed by atoms with E-state index in [4.69, 9.17) is 0 Å². The number of fused-ring (bicyclic) bond motifs is 1. The summed E-state index contributed by atoms with van der Waals surface area (Å²) in [7, 11) is 2.02. The maximum atomic E-state index is 4.42. The zero-order chi connectivity index (χ0) is 11.5. The molecule has 0 fully saturated rings. The van der Waals surface area contributed by atoms with Gasteiger partial charge in [0.15, 0.2) is 0 Å². The summed E-state index contributed by atoms with van der Waals surface area (Å²) < 4.78 is 0. The molecule has 84 valence electrons. The first kappa shape index (κ1) is 10.7. The van der Waals surface area contributed by atoms with E-state index in [1.165, 1.54) is 16.6 Å². The van der Waals surface area contributed by atoms with Gasteiger partial charge in [-0.3, -0.25) is 0 Å². The fraction of sp³-hybridized carbons (Fsp3) is 0.308. The van der Waals surface area contributed by atoms with Crippen LogP contribution >= 0.6 is 0 Å². The van der Waals surface area contributed by atoms with E-state index < -0.39 is 0 Å². The number of benzene rings is 1. The average Bonchev–Trinajstić information content (AvgIpc) is 2.65. The fourth-order valence-electron chi connectivity index (χ4n) is 1.59. The van der Waals surface area contributed by atoms with Gasteiger partial charge in [0.25, 0.3) is 0 Å². The van der Waals surface area contributed by atoms with Gasteiger partial charge in [-0.05, 0) is 38.1 Å². The van der Waals surface area contributed by atoms with Crippen molar-refractivity contribution in [3.05, 3.63) is 30.0 Å². The SMILES string of the molecule is CCN(C)/C=N\c1ccc2[nH]c(C)cc2c1. The smallest absolute Gasteiger partial charge is 0.0909 e. The highest BCUT2D eigenvalue weighted by atomic mass is 15.1. The Balaban J connectivity index is 2.28. The Morgan fingerprint density at radius 1 is 1.38 bits per heavy atom. The van der Waals surface area contributed by atoms with Gasteiger partial charge in [0, 0.05) is 30.2 Å². The van der Waals surface area contributed by atoms with E-state index in [0.717, 1.165) is 12.2 Å². The van der Waals surface area contributed by atoms with Gasteiger partial charge in [-0.25, -0.2) is 4.99 Å². The first-order valence-corrected chi connectivity index (χ1v) is 5.53. The standard InChI is InChI=1S/C13H17N3/c1-4-16(3)9-14-12-5-6-13-11(8-12)7-10(2)15-13/h5-9,15H,4H2,1-3H3/b14-9-. The van der Waals surface area contributed by atoms with Crippen LogP contribution < -0.4 is 0 Å². The molecule has 0 saturated carbocycles. The normalized spacial score (nSPS) is 11.4. The van der Waals surface area contributed by atoms with Gasteiger partial charge in [-0.2, -0.15) is 0 Å². The van der Waals surface area contributed by atoms with Crippen molar-refractivity contribution in [1.82, 2.24) is 9.88 Å². The Hall–Kier alpha value is -1.77. The first-order chi connectivity index (χ1) is 7.69. The molecule has 0 aliphatic heterocycles. The molecule has 3 heteroatoms. The predicted molar refractivity (Wildman–Crippen MR) is 69.5 cm³/mol. The van der Waals surface area contributed by atoms with Crippen LogP contribution in [0.1, 0.15) is 12.6 Å². The van der Waals surface area contributed by atoms with Crippen LogP contribution in [0, 0.1) is 6.92 Å². The number of H-pyrrole nitrogens is 1. The second-order valence-corrected chi connectivity index (χ2v) is 4.04. The maximum Gasteiger partial charge on any atom is 0.0909 e. The predicted octanol–water partition coefficient (Wildman–Crippen LogP) is 3.09. The molecule has 0 aliphatic rings. The maximum absolute atomic E-state index is 4.42. The van der Waals surface area contributed by atoms with E-state index >= 15 is 0 Å². The molecule has 0 amide bonds. The van der Waals surface area contributed by atoms with Crippen LogP contribution in [0.5, 0.6) is 0 Å². The summed E-state index contributed by atoms with van der Waals surface area (Å²) in [5, 5.41) is 1.21. The summed E-state index contributed by atoms with van der Waals surface area (Å²) in [5.74, 6) is 0. The van der Waals surface area contributed by atoms with Gasteiger partial charge in [0.05, 0.1) is 12.0 Å². The molecule has 1 N–H and O–H groups in total. The largest absolute Gasteiger partial charge is 0.366 e. The zero-order valence-electron chi connectivity index (χ0n) is 9.99. The summed E-state index contributed by atoms with van der Waals surface area (Å²) in [4.78, 5) is 9.77. The Bertz CT molecular complexity index is 511. The van der Waals surface area contributed by atoms with Crippen LogP contribution in [0.2, 0.25) is 0 Å². The molecule has 0 saturated heterocycles. The Kier molecular flexibility index (Phi) is 2.95. The van der Waals surface area contributed by atoms with Gasteiger partial charge in [0.2, 0.25) is 0 Å². The van der Waals surface area contributed by atoms with Crippen molar-refractivity contribution in [2.24, 2.45) is 4.99 Å². The van der Waals surface area contributed by atoms with Crippen molar-refractivity contribution >= 4 is 22.9 Å². The summed E-state index contributed by atoms with van der Waals surface area (Å²) >= 11 is 0. The molecule has 0 spiro atoms. The molecule has 0 unspecified atom stereocenters. The van der Waals surface area contributed by atoms with Crippen LogP contribution in [-0.2, 0) is 0 Å². The van der Waals surface area contributed by atoms with E-state index in [0.29, 0.717) is 0 Å². The van der Waals surface area contributed by atoms with E-state index in [-0.39, 0.29) is 0 Å². The lowest BCUT2D eigenvalue weighted by molar-refractivity contribution is 0.552. The molecule has 1 aromatic heterocycles. The van der Waals surface area contributed by atoms with Gasteiger partial charge in [0.1, 0.15) is 0 Å². The van der Waals surface area contributed by atoms with Crippen molar-refractivity contribution in [2.45, 2.75) is 13.8 Å².